The van der Waals surface area contributed by atoms with Gasteiger partial charge in [0.25, 0.3) is 0 Å². The van der Waals surface area contributed by atoms with Crippen LogP contribution in [0.4, 0.5) is 0 Å². The van der Waals surface area contributed by atoms with E-state index >= 15 is 0 Å². The smallest absolute Gasteiger partial charge is 0.214 e. The van der Waals surface area contributed by atoms with Gasteiger partial charge in [-0.15, -0.1) is 0 Å². The van der Waals surface area contributed by atoms with Gasteiger partial charge in [0.15, 0.2) is 0 Å². The molecule has 0 aliphatic carbocycles. The Kier molecular flexibility index (Phi) is 15.5. The topological polar surface area (TPSA) is 46.6 Å². The van der Waals surface area contributed by atoms with Gasteiger partial charge >= 0.3 is 0 Å². The van der Waals surface area contributed by atoms with E-state index in [-0.39, 0.29) is 0 Å². The third kappa shape index (κ3) is 13.0. The van der Waals surface area contributed by atoms with Crippen molar-refractivity contribution in [2.45, 2.75) is 103 Å². The van der Waals surface area contributed by atoms with Gasteiger partial charge in [-0.3, -0.25) is 0 Å². The Morgan fingerprint density at radius 2 is 1.03 bits per heavy atom. The number of hydrogen-bond acceptors (Lipinski definition) is 3. The Morgan fingerprint density at radius 1 is 0.611 bits per heavy atom. The average Bonchev–Trinajstić information content (AvgIpc) is 2.85. The van der Waals surface area contributed by atoms with Crippen molar-refractivity contribution in [3.63, 3.8) is 0 Å². The number of nitrogens with zero attached hydrogens (tertiary/aromatic N) is 3. The monoisotopic (exact) mass is 531 g/mol. The third-order valence-corrected chi connectivity index (χ3v) is 10.8. The summed E-state index contributed by atoms with van der Waals surface area (Å²) in [5.41, 5.74) is 0. The lowest BCUT2D eigenvalue weighted by Crippen LogP contribution is -2.59. The first kappa shape index (κ1) is 32.0. The zero-order chi connectivity index (χ0) is 26.2. The lowest BCUT2D eigenvalue weighted by Gasteiger charge is -2.43. The summed E-state index contributed by atoms with van der Waals surface area (Å²) in [6, 6.07) is 0. The maximum absolute atomic E-state index is 12.9. The van der Waals surface area contributed by atoms with Gasteiger partial charge in [0.2, 0.25) is 10.0 Å². The molecule has 214 valence electrons. The van der Waals surface area contributed by atoms with E-state index in [4.69, 9.17) is 4.74 Å². The zero-order valence-electron chi connectivity index (χ0n) is 24.4. The van der Waals surface area contributed by atoms with E-state index in [1.807, 2.05) is 0 Å². The second kappa shape index (κ2) is 17.4. The molecule has 0 spiro atoms. The summed E-state index contributed by atoms with van der Waals surface area (Å²) < 4.78 is 35.2. The van der Waals surface area contributed by atoms with Crippen LogP contribution in [0.3, 0.4) is 0 Å². The van der Waals surface area contributed by atoms with Gasteiger partial charge in [0.1, 0.15) is 13.1 Å². The van der Waals surface area contributed by atoms with Gasteiger partial charge in [0.05, 0.1) is 72.3 Å². The van der Waals surface area contributed by atoms with Gasteiger partial charge in [0, 0.05) is 6.42 Å². The minimum atomic E-state index is -3.09. The molecule has 0 radical (unpaired) electrons. The van der Waals surface area contributed by atoms with Crippen LogP contribution in [0.15, 0.2) is 0 Å². The van der Waals surface area contributed by atoms with Crippen LogP contribution in [0.5, 0.6) is 0 Å². The SMILES string of the molecule is CCCCCCCCCCCCCCCCS(=O)(=O)N1CC[N+](C)(CCC[N+]2(C)CCOCC2)CC1. The Balaban J connectivity index is 1.47. The molecule has 2 fully saturated rings. The molecular formula is C29H61N3O3S+2. The Bertz CT molecular complexity index is 657. The van der Waals surface area contributed by atoms with Crippen molar-refractivity contribution < 1.29 is 22.1 Å². The molecule has 2 rings (SSSR count). The fourth-order valence-electron chi connectivity index (χ4n) is 5.88. The highest BCUT2D eigenvalue weighted by molar-refractivity contribution is 7.89. The first-order valence-electron chi connectivity index (χ1n) is 15.5. The normalized spacial score (nSPS) is 20.5. The van der Waals surface area contributed by atoms with Crippen molar-refractivity contribution in [2.24, 2.45) is 0 Å². The highest BCUT2D eigenvalue weighted by atomic mass is 32.2. The second-order valence-corrected chi connectivity index (χ2v) is 14.4. The van der Waals surface area contributed by atoms with E-state index in [1.165, 1.54) is 90.0 Å². The molecule has 6 nitrogen and oxygen atoms in total. The predicted octanol–water partition coefficient (Wildman–Crippen LogP) is 5.43. The first-order chi connectivity index (χ1) is 17.3. The summed E-state index contributed by atoms with van der Waals surface area (Å²) in [5.74, 6) is 0.340. The van der Waals surface area contributed by atoms with Crippen LogP contribution >= 0.6 is 0 Å². The number of piperazine rings is 1. The molecule has 2 saturated heterocycles. The largest absolute Gasteiger partial charge is 0.370 e. The summed E-state index contributed by atoms with van der Waals surface area (Å²) in [6.45, 7) is 11.9. The molecule has 0 aromatic heterocycles. The van der Waals surface area contributed by atoms with Gasteiger partial charge in [-0.1, -0.05) is 90.4 Å². The number of unbranched alkanes of at least 4 members (excludes halogenated alkanes) is 13. The van der Waals surface area contributed by atoms with E-state index in [1.54, 1.807) is 4.31 Å². The van der Waals surface area contributed by atoms with Crippen LogP contribution in [-0.4, -0.2) is 107 Å². The standard InChI is InChI=1S/C29H61N3O3S/c1-4-5-6-7-8-9-10-11-12-13-14-15-16-17-29-36(33,34)30-19-23-31(2,24-20-30)21-18-22-32(3)25-27-35-28-26-32/h4-29H2,1-3H3/q+2. The van der Waals surface area contributed by atoms with Crippen molar-refractivity contribution >= 4 is 10.0 Å². The Hall–Kier alpha value is -0.210. The molecule has 0 aromatic rings. The van der Waals surface area contributed by atoms with Crippen molar-refractivity contribution in [1.82, 2.24) is 4.31 Å². The third-order valence-electron chi connectivity index (χ3n) is 8.87. The molecule has 0 aromatic carbocycles. The van der Waals surface area contributed by atoms with E-state index in [9.17, 15) is 8.42 Å². The van der Waals surface area contributed by atoms with Crippen molar-refractivity contribution in [1.29, 1.82) is 0 Å². The molecule has 2 aliphatic heterocycles. The summed E-state index contributed by atoms with van der Waals surface area (Å²) >= 11 is 0. The van der Waals surface area contributed by atoms with Crippen molar-refractivity contribution in [3.05, 3.63) is 0 Å². The number of sulfonamides is 1. The second-order valence-electron chi connectivity index (χ2n) is 12.4. The first-order valence-corrected chi connectivity index (χ1v) is 17.1. The molecule has 0 saturated carbocycles. The van der Waals surface area contributed by atoms with Crippen molar-refractivity contribution in [3.8, 4) is 0 Å². The molecule has 0 amide bonds. The minimum Gasteiger partial charge on any atom is -0.370 e. The predicted molar refractivity (Wildman–Crippen MR) is 153 cm³/mol. The Morgan fingerprint density at radius 3 is 1.50 bits per heavy atom. The van der Waals surface area contributed by atoms with Crippen LogP contribution in [0.25, 0.3) is 0 Å². The summed E-state index contributed by atoms with van der Waals surface area (Å²) in [7, 11) is 1.58. The van der Waals surface area contributed by atoms with Crippen LogP contribution in [0.2, 0.25) is 0 Å². The summed E-state index contributed by atoms with van der Waals surface area (Å²) in [4.78, 5) is 0. The fraction of sp³-hybridized carbons (Fsp3) is 1.00. The van der Waals surface area contributed by atoms with E-state index in [0.717, 1.165) is 67.7 Å². The molecule has 0 atom stereocenters. The molecule has 0 bridgehead atoms. The number of ether oxygens (including phenoxy) is 1. The van der Waals surface area contributed by atoms with E-state index < -0.39 is 10.0 Å². The number of likely N-dealkylation sites (N-methyl/N-ethyl adjacent to an activating group) is 2. The van der Waals surface area contributed by atoms with Crippen LogP contribution in [0.1, 0.15) is 103 Å². The summed E-state index contributed by atoms with van der Waals surface area (Å²) in [5, 5.41) is 0. The maximum Gasteiger partial charge on any atom is 0.214 e. The summed E-state index contributed by atoms with van der Waals surface area (Å²) in [6.07, 6.45) is 19.4. The number of rotatable bonds is 20. The van der Waals surface area contributed by atoms with E-state index in [2.05, 4.69) is 21.0 Å². The Labute approximate surface area is 225 Å². The molecule has 2 aliphatic rings. The highest BCUT2D eigenvalue weighted by Crippen LogP contribution is 2.18. The average molecular weight is 532 g/mol. The van der Waals surface area contributed by atoms with Gasteiger partial charge < -0.3 is 13.7 Å². The molecule has 36 heavy (non-hydrogen) atoms. The van der Waals surface area contributed by atoms with E-state index in [0.29, 0.717) is 18.8 Å². The maximum atomic E-state index is 12.9. The molecule has 2 heterocycles. The van der Waals surface area contributed by atoms with Crippen molar-refractivity contribution in [2.75, 3.05) is 85.4 Å². The quantitative estimate of drug-likeness (QED) is 0.156. The lowest BCUT2D eigenvalue weighted by molar-refractivity contribution is -0.933. The number of morpholine rings is 1. The van der Waals surface area contributed by atoms with Crippen LogP contribution in [0, 0.1) is 0 Å². The molecule has 0 N–H and O–H groups in total. The molecule has 7 heteroatoms. The van der Waals surface area contributed by atoms with Gasteiger partial charge in [-0.25, -0.2) is 8.42 Å². The fourth-order valence-corrected chi connectivity index (χ4v) is 7.43. The lowest BCUT2D eigenvalue weighted by atomic mass is 10.0. The molecule has 0 unspecified atom stereocenters. The minimum absolute atomic E-state index is 0.340. The highest BCUT2D eigenvalue weighted by Gasteiger charge is 2.34. The van der Waals surface area contributed by atoms with Crippen LogP contribution < -0.4 is 0 Å². The number of hydrogen-bond donors (Lipinski definition) is 0. The van der Waals surface area contributed by atoms with Crippen LogP contribution in [-0.2, 0) is 14.8 Å². The molecular weight excluding hydrogens is 470 g/mol. The van der Waals surface area contributed by atoms with Gasteiger partial charge in [-0.05, 0) is 6.42 Å². The zero-order valence-corrected chi connectivity index (χ0v) is 25.2. The number of quaternary nitrogens is 2. The van der Waals surface area contributed by atoms with Gasteiger partial charge in [-0.2, -0.15) is 4.31 Å².